The molecule has 0 radical (unpaired) electrons. The van der Waals surface area contributed by atoms with Crippen molar-refractivity contribution in [1.82, 2.24) is 5.32 Å². The van der Waals surface area contributed by atoms with E-state index in [0.29, 0.717) is 17.5 Å². The Morgan fingerprint density at radius 3 is 2.59 bits per heavy atom. The van der Waals surface area contributed by atoms with Crippen LogP contribution in [0, 0.1) is 0 Å². The zero-order valence-corrected chi connectivity index (χ0v) is 10.0. The standard InChI is InChI=1S/C12H11NO3S/c1-8(10-11(14)17-12(15)13-10)7-16-9-5-3-2-4-6-9/h2-6H,7H2,1H3,(H,13,15). The number of carbonyl (C=O) groups excluding carboxylic acids is 2. The van der Waals surface area contributed by atoms with E-state index in [0.717, 1.165) is 11.3 Å². The summed E-state index contributed by atoms with van der Waals surface area (Å²) >= 11 is 0.676. The zero-order valence-electron chi connectivity index (χ0n) is 9.23. The molecule has 88 valence electrons. The van der Waals surface area contributed by atoms with Crippen molar-refractivity contribution in [1.29, 1.82) is 0 Å². The number of amides is 1. The third kappa shape index (κ3) is 2.88. The van der Waals surface area contributed by atoms with Crippen molar-refractivity contribution >= 4 is 22.1 Å². The van der Waals surface area contributed by atoms with Crippen LogP contribution < -0.4 is 10.1 Å². The lowest BCUT2D eigenvalue weighted by Gasteiger charge is -2.07. The number of nitrogens with one attached hydrogen (secondary N) is 1. The van der Waals surface area contributed by atoms with E-state index in [1.807, 2.05) is 30.3 Å². The maximum atomic E-state index is 11.4. The molecule has 1 amide bonds. The number of ether oxygens (including phenoxy) is 1. The molecule has 0 bridgehead atoms. The highest BCUT2D eigenvalue weighted by Crippen LogP contribution is 2.21. The molecule has 2 rings (SSSR count). The number of rotatable bonds is 3. The van der Waals surface area contributed by atoms with Crippen molar-refractivity contribution in [3.05, 3.63) is 41.6 Å². The van der Waals surface area contributed by atoms with E-state index in [9.17, 15) is 9.59 Å². The van der Waals surface area contributed by atoms with Crippen molar-refractivity contribution in [3.8, 4) is 5.75 Å². The van der Waals surface area contributed by atoms with Crippen LogP contribution in [0.2, 0.25) is 0 Å². The van der Waals surface area contributed by atoms with Gasteiger partial charge in [0, 0.05) is 11.8 Å². The minimum atomic E-state index is -0.330. The van der Waals surface area contributed by atoms with Crippen LogP contribution in [0.5, 0.6) is 5.75 Å². The molecule has 1 fully saturated rings. The second-order valence-corrected chi connectivity index (χ2v) is 4.50. The summed E-state index contributed by atoms with van der Waals surface area (Å²) in [5, 5.41) is 1.94. The van der Waals surface area contributed by atoms with Gasteiger partial charge in [-0.15, -0.1) is 0 Å². The summed E-state index contributed by atoms with van der Waals surface area (Å²) in [5.74, 6) is 0.733. The van der Waals surface area contributed by atoms with E-state index in [1.54, 1.807) is 6.92 Å². The van der Waals surface area contributed by atoms with Gasteiger partial charge < -0.3 is 10.1 Å². The molecule has 1 aliphatic heterocycles. The Labute approximate surface area is 103 Å². The highest BCUT2D eigenvalue weighted by Gasteiger charge is 2.27. The van der Waals surface area contributed by atoms with Crippen LogP contribution in [0.4, 0.5) is 4.79 Å². The Bertz CT molecular complexity index is 482. The summed E-state index contributed by atoms with van der Waals surface area (Å²) in [6.07, 6.45) is 0. The van der Waals surface area contributed by atoms with E-state index in [4.69, 9.17) is 4.74 Å². The summed E-state index contributed by atoms with van der Waals surface area (Å²) < 4.78 is 5.49. The lowest BCUT2D eigenvalue weighted by molar-refractivity contribution is -0.107. The Balaban J connectivity index is 2.02. The first-order valence-electron chi connectivity index (χ1n) is 5.07. The van der Waals surface area contributed by atoms with Crippen molar-refractivity contribution in [2.75, 3.05) is 6.61 Å². The predicted octanol–water partition coefficient (Wildman–Crippen LogP) is 2.32. The van der Waals surface area contributed by atoms with Crippen LogP contribution in [-0.2, 0) is 4.79 Å². The Kier molecular flexibility index (Phi) is 3.49. The molecule has 0 unspecified atom stereocenters. The summed E-state index contributed by atoms with van der Waals surface area (Å²) in [6, 6.07) is 9.31. The number of thioether (sulfide) groups is 1. The van der Waals surface area contributed by atoms with Gasteiger partial charge >= 0.3 is 0 Å². The Hall–Kier alpha value is -1.75. The zero-order chi connectivity index (χ0) is 12.3. The van der Waals surface area contributed by atoms with E-state index < -0.39 is 0 Å². The maximum Gasteiger partial charge on any atom is 0.291 e. The topological polar surface area (TPSA) is 55.4 Å². The molecule has 0 saturated carbocycles. The molecule has 1 heterocycles. The third-order valence-corrected chi connectivity index (χ3v) is 2.92. The van der Waals surface area contributed by atoms with Gasteiger partial charge in [-0.05, 0) is 24.6 Å². The summed E-state index contributed by atoms with van der Waals surface area (Å²) in [7, 11) is 0. The molecular weight excluding hydrogens is 238 g/mol. The monoisotopic (exact) mass is 249 g/mol. The van der Waals surface area contributed by atoms with Crippen molar-refractivity contribution in [3.63, 3.8) is 0 Å². The van der Waals surface area contributed by atoms with Crippen molar-refractivity contribution in [2.24, 2.45) is 0 Å². The first-order chi connectivity index (χ1) is 8.16. The second-order valence-electron chi connectivity index (χ2n) is 3.56. The molecule has 17 heavy (non-hydrogen) atoms. The molecule has 0 aromatic heterocycles. The van der Waals surface area contributed by atoms with Crippen LogP contribution in [0.15, 0.2) is 41.6 Å². The lowest BCUT2D eigenvalue weighted by atomic mass is 10.2. The quantitative estimate of drug-likeness (QED) is 0.835. The van der Waals surface area contributed by atoms with Crippen molar-refractivity contribution < 1.29 is 14.3 Å². The fourth-order valence-corrected chi connectivity index (χ4v) is 2.02. The largest absolute Gasteiger partial charge is 0.489 e. The van der Waals surface area contributed by atoms with E-state index in [1.165, 1.54) is 0 Å². The van der Waals surface area contributed by atoms with Crippen LogP contribution >= 0.6 is 11.8 Å². The maximum absolute atomic E-state index is 11.4. The van der Waals surface area contributed by atoms with Gasteiger partial charge in [-0.2, -0.15) is 0 Å². The SMILES string of the molecule is CC(COc1ccccc1)=C1NC(=O)SC1=O. The fourth-order valence-electron chi connectivity index (χ4n) is 1.38. The van der Waals surface area contributed by atoms with Crippen LogP contribution in [-0.4, -0.2) is 17.0 Å². The van der Waals surface area contributed by atoms with Crippen LogP contribution in [0.1, 0.15) is 6.92 Å². The average Bonchev–Trinajstić information content (AvgIpc) is 2.67. The lowest BCUT2D eigenvalue weighted by Crippen LogP contribution is -2.15. The third-order valence-electron chi connectivity index (χ3n) is 2.24. The molecule has 1 N–H and O–H groups in total. The number of benzene rings is 1. The van der Waals surface area contributed by atoms with Crippen molar-refractivity contribution in [2.45, 2.75) is 6.92 Å². The van der Waals surface area contributed by atoms with Gasteiger partial charge in [-0.1, -0.05) is 18.2 Å². The molecule has 0 spiro atoms. The second kappa shape index (κ2) is 5.05. The minimum absolute atomic E-state index is 0.246. The molecule has 0 atom stereocenters. The summed E-state index contributed by atoms with van der Waals surface area (Å²) in [5.41, 5.74) is 1.06. The van der Waals surface area contributed by atoms with Gasteiger partial charge in [-0.25, -0.2) is 0 Å². The van der Waals surface area contributed by atoms with Crippen LogP contribution in [0.25, 0.3) is 0 Å². The van der Waals surface area contributed by atoms with Gasteiger partial charge in [0.05, 0.1) is 5.70 Å². The Morgan fingerprint density at radius 1 is 1.29 bits per heavy atom. The van der Waals surface area contributed by atoms with E-state index in [2.05, 4.69) is 5.32 Å². The number of hydrogen-bond acceptors (Lipinski definition) is 4. The molecule has 1 saturated heterocycles. The first kappa shape index (κ1) is 11.7. The number of hydrogen-bond donors (Lipinski definition) is 1. The smallest absolute Gasteiger partial charge is 0.291 e. The van der Waals surface area contributed by atoms with Gasteiger partial charge in [0.2, 0.25) is 5.12 Å². The molecule has 1 aromatic rings. The molecule has 0 aliphatic carbocycles. The predicted molar refractivity (Wildman–Crippen MR) is 65.8 cm³/mol. The number of carbonyl (C=O) groups is 2. The highest BCUT2D eigenvalue weighted by molar-refractivity contribution is 8.27. The normalized spacial score (nSPS) is 17.9. The summed E-state index contributed by atoms with van der Waals surface area (Å²) in [6.45, 7) is 2.05. The highest BCUT2D eigenvalue weighted by atomic mass is 32.2. The molecular formula is C12H11NO3S. The summed E-state index contributed by atoms with van der Waals surface area (Å²) in [4.78, 5) is 22.4. The van der Waals surface area contributed by atoms with Gasteiger partial charge in [0.15, 0.2) is 0 Å². The van der Waals surface area contributed by atoms with E-state index in [-0.39, 0.29) is 17.0 Å². The number of para-hydroxylation sites is 1. The van der Waals surface area contributed by atoms with Crippen LogP contribution in [0.3, 0.4) is 0 Å². The molecule has 4 nitrogen and oxygen atoms in total. The Morgan fingerprint density at radius 2 is 2.00 bits per heavy atom. The fraction of sp³-hybridized carbons (Fsp3) is 0.167. The molecule has 5 heteroatoms. The minimum Gasteiger partial charge on any atom is -0.489 e. The van der Waals surface area contributed by atoms with E-state index >= 15 is 0 Å². The van der Waals surface area contributed by atoms with Gasteiger partial charge in [0.25, 0.3) is 5.24 Å². The first-order valence-corrected chi connectivity index (χ1v) is 5.89. The molecule has 1 aliphatic rings. The molecule has 1 aromatic carbocycles. The average molecular weight is 249 g/mol. The van der Waals surface area contributed by atoms with Gasteiger partial charge in [0.1, 0.15) is 12.4 Å². The van der Waals surface area contributed by atoms with Gasteiger partial charge in [-0.3, -0.25) is 9.59 Å².